The molecule has 0 aliphatic rings. The number of hydrogen-bond donors (Lipinski definition) is 1. The van der Waals surface area contributed by atoms with Gasteiger partial charge in [-0.3, -0.25) is 4.72 Å². The molecular formula is C12H14ClN3O2S. The SMILES string of the molecule is CCc1ccccc1NS(=O)(=O)c1ncn(C)c1Cl. The van der Waals surface area contributed by atoms with Crippen molar-refractivity contribution < 1.29 is 8.42 Å². The zero-order valence-electron chi connectivity index (χ0n) is 10.6. The smallest absolute Gasteiger partial charge is 0.282 e. The molecule has 0 saturated heterocycles. The first-order valence-corrected chi connectivity index (χ1v) is 7.59. The van der Waals surface area contributed by atoms with E-state index in [1.165, 1.54) is 10.9 Å². The van der Waals surface area contributed by atoms with E-state index >= 15 is 0 Å². The summed E-state index contributed by atoms with van der Waals surface area (Å²) < 4.78 is 28.4. The maximum absolute atomic E-state index is 12.2. The second kappa shape index (κ2) is 5.22. The lowest BCUT2D eigenvalue weighted by Gasteiger charge is -2.10. The molecule has 7 heteroatoms. The summed E-state index contributed by atoms with van der Waals surface area (Å²) in [5.41, 5.74) is 1.46. The van der Waals surface area contributed by atoms with Crippen LogP contribution in [0.1, 0.15) is 12.5 Å². The number of hydrogen-bond acceptors (Lipinski definition) is 3. The third-order valence-electron chi connectivity index (χ3n) is 2.73. The second-order valence-electron chi connectivity index (χ2n) is 4.07. The highest BCUT2D eigenvalue weighted by molar-refractivity contribution is 7.92. The zero-order chi connectivity index (χ0) is 14.0. The van der Waals surface area contributed by atoms with Crippen molar-refractivity contribution >= 4 is 27.3 Å². The van der Waals surface area contributed by atoms with Gasteiger partial charge in [-0.2, -0.15) is 8.42 Å². The Balaban J connectivity index is 2.39. The Morgan fingerprint density at radius 3 is 2.63 bits per heavy atom. The topological polar surface area (TPSA) is 64.0 Å². The Labute approximate surface area is 117 Å². The van der Waals surface area contributed by atoms with Crippen LogP contribution in [0.15, 0.2) is 35.6 Å². The number of aromatic nitrogens is 2. The van der Waals surface area contributed by atoms with E-state index in [9.17, 15) is 8.42 Å². The maximum atomic E-state index is 12.2. The molecule has 0 unspecified atom stereocenters. The molecule has 1 aromatic carbocycles. The van der Waals surface area contributed by atoms with Crippen molar-refractivity contribution in [2.45, 2.75) is 18.4 Å². The average molecular weight is 300 g/mol. The second-order valence-corrected chi connectivity index (χ2v) is 6.02. The molecule has 19 heavy (non-hydrogen) atoms. The van der Waals surface area contributed by atoms with E-state index in [0.29, 0.717) is 5.69 Å². The van der Waals surface area contributed by atoms with Gasteiger partial charge in [0.15, 0.2) is 0 Å². The van der Waals surface area contributed by atoms with Crippen molar-refractivity contribution in [3.63, 3.8) is 0 Å². The zero-order valence-corrected chi connectivity index (χ0v) is 12.2. The first-order chi connectivity index (χ1) is 8.95. The Morgan fingerprint density at radius 1 is 1.37 bits per heavy atom. The van der Waals surface area contributed by atoms with Gasteiger partial charge in [0, 0.05) is 7.05 Å². The summed E-state index contributed by atoms with van der Waals surface area (Å²) in [7, 11) is -2.14. The summed E-state index contributed by atoms with van der Waals surface area (Å²) in [6.07, 6.45) is 2.09. The normalized spacial score (nSPS) is 11.5. The van der Waals surface area contributed by atoms with Crippen LogP contribution in [-0.2, 0) is 23.5 Å². The molecule has 0 fully saturated rings. The number of aryl methyl sites for hydroxylation is 2. The van der Waals surface area contributed by atoms with Crippen molar-refractivity contribution in [1.29, 1.82) is 0 Å². The molecule has 0 saturated carbocycles. The highest BCUT2D eigenvalue weighted by Gasteiger charge is 2.23. The molecule has 0 amide bonds. The molecule has 1 N–H and O–H groups in total. The lowest BCUT2D eigenvalue weighted by Crippen LogP contribution is -2.15. The fourth-order valence-corrected chi connectivity index (χ4v) is 3.23. The summed E-state index contributed by atoms with van der Waals surface area (Å²) in [4.78, 5) is 3.82. The fraction of sp³-hybridized carbons (Fsp3) is 0.250. The van der Waals surface area contributed by atoms with Gasteiger partial charge in [0.2, 0.25) is 5.03 Å². The Kier molecular flexibility index (Phi) is 3.82. The molecule has 5 nitrogen and oxygen atoms in total. The summed E-state index contributed by atoms with van der Waals surface area (Å²) >= 11 is 5.91. The van der Waals surface area contributed by atoms with Gasteiger partial charge in [0.1, 0.15) is 5.15 Å². The minimum atomic E-state index is -3.77. The van der Waals surface area contributed by atoms with E-state index < -0.39 is 10.0 Å². The average Bonchev–Trinajstić information content (AvgIpc) is 2.71. The quantitative estimate of drug-likeness (QED) is 0.943. The molecule has 0 bridgehead atoms. The van der Waals surface area contributed by atoms with E-state index in [-0.39, 0.29) is 10.2 Å². The largest absolute Gasteiger partial charge is 0.324 e. The molecule has 0 aliphatic carbocycles. The number of halogens is 1. The van der Waals surface area contributed by atoms with E-state index in [1.54, 1.807) is 19.2 Å². The molecule has 0 radical (unpaired) electrons. The number of nitrogens with one attached hydrogen (secondary N) is 1. The van der Waals surface area contributed by atoms with Gasteiger partial charge in [-0.05, 0) is 18.1 Å². The first kappa shape index (κ1) is 13.9. The van der Waals surface area contributed by atoms with Crippen molar-refractivity contribution in [3.8, 4) is 0 Å². The Bertz CT molecular complexity index is 695. The van der Waals surface area contributed by atoms with Crippen molar-refractivity contribution in [3.05, 3.63) is 41.3 Å². The Hall–Kier alpha value is -1.53. The number of sulfonamides is 1. The molecule has 102 valence electrons. The lowest BCUT2D eigenvalue weighted by molar-refractivity contribution is 0.598. The fourth-order valence-electron chi connectivity index (χ4n) is 1.70. The molecule has 0 aliphatic heterocycles. The summed E-state index contributed by atoms with van der Waals surface area (Å²) in [5.74, 6) is 0. The number of rotatable bonds is 4. The van der Waals surface area contributed by atoms with Gasteiger partial charge in [-0.1, -0.05) is 36.7 Å². The number of nitrogens with zero attached hydrogens (tertiary/aromatic N) is 2. The molecule has 0 atom stereocenters. The van der Waals surface area contributed by atoms with Gasteiger partial charge in [0.25, 0.3) is 10.0 Å². The third kappa shape index (κ3) is 2.74. The van der Waals surface area contributed by atoms with Gasteiger partial charge >= 0.3 is 0 Å². The molecule has 0 spiro atoms. The maximum Gasteiger partial charge on any atom is 0.282 e. The van der Waals surface area contributed by atoms with Crippen LogP contribution in [0.3, 0.4) is 0 Å². The van der Waals surface area contributed by atoms with Crippen molar-refractivity contribution in [1.82, 2.24) is 9.55 Å². The summed E-state index contributed by atoms with van der Waals surface area (Å²) in [6, 6.07) is 7.23. The van der Waals surface area contributed by atoms with Crippen LogP contribution >= 0.6 is 11.6 Å². The van der Waals surface area contributed by atoms with Gasteiger partial charge < -0.3 is 4.57 Å². The highest BCUT2D eigenvalue weighted by Crippen LogP contribution is 2.23. The minimum Gasteiger partial charge on any atom is -0.324 e. The van der Waals surface area contributed by atoms with Crippen LogP contribution in [0.4, 0.5) is 5.69 Å². The number of anilines is 1. The van der Waals surface area contributed by atoms with Crippen LogP contribution < -0.4 is 4.72 Å². The van der Waals surface area contributed by atoms with Crippen LogP contribution in [-0.4, -0.2) is 18.0 Å². The monoisotopic (exact) mass is 299 g/mol. The first-order valence-electron chi connectivity index (χ1n) is 5.73. The minimum absolute atomic E-state index is 0.0847. The highest BCUT2D eigenvalue weighted by atomic mass is 35.5. The van der Waals surface area contributed by atoms with E-state index in [4.69, 9.17) is 11.6 Å². The predicted molar refractivity (Wildman–Crippen MR) is 74.8 cm³/mol. The Morgan fingerprint density at radius 2 is 2.05 bits per heavy atom. The van der Waals surface area contributed by atoms with Crippen LogP contribution in [0, 0.1) is 0 Å². The van der Waals surface area contributed by atoms with Gasteiger partial charge in [-0.25, -0.2) is 4.98 Å². The summed E-state index contributed by atoms with van der Waals surface area (Å²) in [5, 5.41) is -0.0796. The van der Waals surface area contributed by atoms with E-state index in [2.05, 4.69) is 9.71 Å². The molecule has 1 aromatic heterocycles. The molecular weight excluding hydrogens is 286 g/mol. The van der Waals surface area contributed by atoms with Crippen molar-refractivity contribution in [2.75, 3.05) is 4.72 Å². The number of para-hydroxylation sites is 1. The van der Waals surface area contributed by atoms with E-state index in [0.717, 1.165) is 12.0 Å². The van der Waals surface area contributed by atoms with Gasteiger partial charge in [-0.15, -0.1) is 0 Å². The summed E-state index contributed by atoms with van der Waals surface area (Å²) in [6.45, 7) is 1.96. The van der Waals surface area contributed by atoms with Crippen LogP contribution in [0.5, 0.6) is 0 Å². The van der Waals surface area contributed by atoms with Crippen molar-refractivity contribution in [2.24, 2.45) is 7.05 Å². The van der Waals surface area contributed by atoms with Crippen LogP contribution in [0.2, 0.25) is 5.15 Å². The number of benzene rings is 1. The van der Waals surface area contributed by atoms with E-state index in [1.807, 2.05) is 19.1 Å². The predicted octanol–water partition coefficient (Wildman–Crippen LogP) is 2.44. The molecule has 2 rings (SSSR count). The molecule has 2 aromatic rings. The van der Waals surface area contributed by atoms with Crippen LogP contribution in [0.25, 0.3) is 0 Å². The standard InChI is InChI=1S/C12H14ClN3O2S/c1-3-9-6-4-5-7-10(9)15-19(17,18)12-11(13)16(2)8-14-12/h4-8,15H,3H2,1-2H3. The third-order valence-corrected chi connectivity index (χ3v) is 4.59. The van der Waals surface area contributed by atoms with Gasteiger partial charge in [0.05, 0.1) is 12.0 Å². The number of imidazole rings is 1. The molecule has 1 heterocycles. The lowest BCUT2D eigenvalue weighted by atomic mass is 10.1.